The maximum absolute atomic E-state index is 12.1. The van der Waals surface area contributed by atoms with Gasteiger partial charge in [-0.2, -0.15) is 0 Å². The van der Waals surface area contributed by atoms with Crippen LogP contribution in [0, 0.1) is 0 Å². The van der Waals surface area contributed by atoms with Gasteiger partial charge in [0.2, 0.25) is 0 Å². The van der Waals surface area contributed by atoms with Gasteiger partial charge in [-0.05, 0) is 44.9 Å². The number of unbranched alkanes of at least 4 members (excludes halogenated alkanes) is 25. The molecule has 0 aromatic carbocycles. The molecule has 1 atom stereocenters. The average Bonchev–Trinajstić information content (AvgIpc) is 2.93. The van der Waals surface area contributed by atoms with Crippen LogP contribution in [0.15, 0.2) is 12.2 Å². The largest absolute Gasteiger partial charge is 0.452 e. The normalized spacial score (nSPS) is 12.4. The van der Waals surface area contributed by atoms with Gasteiger partial charge in [0.25, 0.3) is 0 Å². The quantitative estimate of drug-likeness (QED) is 0.0288. The fraction of sp³-hybridized carbons (Fsp3) is 0.917. The van der Waals surface area contributed by atoms with Crippen molar-refractivity contribution in [3.8, 4) is 0 Å². The molecule has 0 radical (unpaired) electrons. The lowest BCUT2D eigenvalue weighted by atomic mass is 10.0. The highest BCUT2D eigenvalue weighted by Gasteiger charge is 2.09. The van der Waals surface area contributed by atoms with Gasteiger partial charge in [-0.1, -0.05) is 167 Å². The van der Waals surface area contributed by atoms with Crippen molar-refractivity contribution in [1.29, 1.82) is 0 Å². The van der Waals surface area contributed by atoms with E-state index in [1.165, 1.54) is 161 Å². The van der Waals surface area contributed by atoms with E-state index in [9.17, 15) is 4.79 Å². The molecule has 0 amide bonds. The first-order valence-electron chi connectivity index (χ1n) is 17.7. The van der Waals surface area contributed by atoms with Gasteiger partial charge in [-0.15, -0.1) is 12.6 Å². The summed E-state index contributed by atoms with van der Waals surface area (Å²) in [5.41, 5.74) is -0.220. The Kier molecular flexibility index (Phi) is 33.4. The standard InChI is InChI=1S/C36H70O2S/c1-3-5-7-9-11-13-15-17-19-21-23-25-27-29-31-33-35(37)38-36(39)34-32-30-28-26-24-22-20-18-16-14-12-10-8-6-4-2/h17,19,36,39H,3-16,18,20-34H2,1-2H3/b19-17-. The molecule has 0 saturated heterocycles. The lowest BCUT2D eigenvalue weighted by molar-refractivity contribution is -0.145. The molecule has 0 aliphatic rings. The number of hydrogen-bond donors (Lipinski definition) is 1. The van der Waals surface area contributed by atoms with Gasteiger partial charge < -0.3 is 4.74 Å². The van der Waals surface area contributed by atoms with Gasteiger partial charge in [0.05, 0.1) is 0 Å². The van der Waals surface area contributed by atoms with Crippen LogP contribution in [0.25, 0.3) is 0 Å². The molecule has 232 valence electrons. The lowest BCUT2D eigenvalue weighted by Gasteiger charge is -2.12. The Morgan fingerprint density at radius 2 is 0.846 bits per heavy atom. The summed E-state index contributed by atoms with van der Waals surface area (Å²) in [6.07, 6.45) is 43.4. The molecule has 0 aliphatic heterocycles. The third-order valence-electron chi connectivity index (χ3n) is 7.96. The fourth-order valence-corrected chi connectivity index (χ4v) is 5.60. The van der Waals surface area contributed by atoms with E-state index >= 15 is 0 Å². The Bertz CT molecular complexity index is 504. The van der Waals surface area contributed by atoms with Gasteiger partial charge in [-0.3, -0.25) is 4.79 Å². The summed E-state index contributed by atoms with van der Waals surface area (Å²) in [7, 11) is 0. The molecule has 0 saturated carbocycles. The molecule has 0 aromatic rings. The first-order valence-corrected chi connectivity index (χ1v) is 18.2. The molecule has 0 bridgehead atoms. The third-order valence-corrected chi connectivity index (χ3v) is 8.33. The molecule has 2 nitrogen and oxygen atoms in total. The fourth-order valence-electron chi connectivity index (χ4n) is 5.30. The summed E-state index contributed by atoms with van der Waals surface area (Å²) in [5.74, 6) is -0.0615. The van der Waals surface area contributed by atoms with Crippen LogP contribution in [0.2, 0.25) is 0 Å². The topological polar surface area (TPSA) is 26.3 Å². The predicted molar refractivity (Wildman–Crippen MR) is 178 cm³/mol. The molecule has 0 fully saturated rings. The van der Waals surface area contributed by atoms with Gasteiger partial charge >= 0.3 is 5.97 Å². The number of carbonyl (C=O) groups is 1. The monoisotopic (exact) mass is 567 g/mol. The zero-order valence-electron chi connectivity index (χ0n) is 26.7. The summed E-state index contributed by atoms with van der Waals surface area (Å²) in [6, 6.07) is 0. The summed E-state index contributed by atoms with van der Waals surface area (Å²) < 4.78 is 5.50. The summed E-state index contributed by atoms with van der Waals surface area (Å²) in [6.45, 7) is 4.56. The van der Waals surface area contributed by atoms with Crippen molar-refractivity contribution in [1.82, 2.24) is 0 Å². The van der Waals surface area contributed by atoms with E-state index in [0.29, 0.717) is 6.42 Å². The summed E-state index contributed by atoms with van der Waals surface area (Å²) >= 11 is 4.49. The van der Waals surface area contributed by atoms with Gasteiger partial charge in [-0.25, -0.2) is 0 Å². The summed E-state index contributed by atoms with van der Waals surface area (Å²) in [4.78, 5) is 12.1. The van der Waals surface area contributed by atoms with Gasteiger partial charge in [0.1, 0.15) is 5.44 Å². The molecule has 0 aromatic heterocycles. The van der Waals surface area contributed by atoms with Crippen molar-refractivity contribution in [2.24, 2.45) is 0 Å². The zero-order chi connectivity index (χ0) is 28.5. The van der Waals surface area contributed by atoms with E-state index in [-0.39, 0.29) is 11.4 Å². The number of rotatable bonds is 32. The first-order chi connectivity index (χ1) is 19.2. The molecule has 0 rings (SSSR count). The predicted octanol–water partition coefficient (Wildman–Crippen LogP) is 13.1. The maximum Gasteiger partial charge on any atom is 0.306 e. The van der Waals surface area contributed by atoms with Crippen molar-refractivity contribution in [2.75, 3.05) is 0 Å². The Morgan fingerprint density at radius 1 is 0.513 bits per heavy atom. The molecule has 0 N–H and O–H groups in total. The second-order valence-electron chi connectivity index (χ2n) is 12.0. The highest BCUT2D eigenvalue weighted by Crippen LogP contribution is 2.16. The smallest absolute Gasteiger partial charge is 0.306 e. The number of hydrogen-bond acceptors (Lipinski definition) is 3. The van der Waals surface area contributed by atoms with Crippen molar-refractivity contribution in [3.63, 3.8) is 0 Å². The molecular formula is C36H70O2S. The SMILES string of the molecule is CCCCCCCC/C=C\CCCCCCCC(=O)OC(S)CCCCCCCCCCCCCCCCC. The molecule has 0 spiro atoms. The van der Waals surface area contributed by atoms with E-state index < -0.39 is 0 Å². The maximum atomic E-state index is 12.1. The van der Waals surface area contributed by atoms with Crippen molar-refractivity contribution in [2.45, 2.75) is 212 Å². The van der Waals surface area contributed by atoms with E-state index in [4.69, 9.17) is 4.74 Å². The van der Waals surface area contributed by atoms with Crippen molar-refractivity contribution in [3.05, 3.63) is 12.2 Å². The van der Waals surface area contributed by atoms with Crippen LogP contribution < -0.4 is 0 Å². The molecule has 3 heteroatoms. The minimum Gasteiger partial charge on any atom is -0.452 e. The van der Waals surface area contributed by atoms with E-state index in [1.807, 2.05) is 0 Å². The Hall–Kier alpha value is -0.440. The van der Waals surface area contributed by atoms with Crippen LogP contribution in [0.5, 0.6) is 0 Å². The second-order valence-corrected chi connectivity index (χ2v) is 12.6. The van der Waals surface area contributed by atoms with Crippen molar-refractivity contribution >= 4 is 18.6 Å². The van der Waals surface area contributed by atoms with Crippen LogP contribution in [-0.2, 0) is 9.53 Å². The van der Waals surface area contributed by atoms with Crippen LogP contribution in [-0.4, -0.2) is 11.4 Å². The summed E-state index contributed by atoms with van der Waals surface area (Å²) in [5, 5.41) is 0. The minimum absolute atomic E-state index is 0.0615. The second kappa shape index (κ2) is 33.8. The molecule has 39 heavy (non-hydrogen) atoms. The zero-order valence-corrected chi connectivity index (χ0v) is 27.6. The Labute approximate surface area is 251 Å². The third kappa shape index (κ3) is 33.7. The number of esters is 1. The van der Waals surface area contributed by atoms with Crippen LogP contribution in [0.4, 0.5) is 0 Å². The van der Waals surface area contributed by atoms with Gasteiger partial charge in [0.15, 0.2) is 0 Å². The number of carbonyl (C=O) groups excluding carboxylic acids is 1. The average molecular weight is 567 g/mol. The highest BCUT2D eigenvalue weighted by molar-refractivity contribution is 7.80. The molecule has 0 aliphatic carbocycles. The number of ether oxygens (including phenoxy) is 1. The van der Waals surface area contributed by atoms with E-state index in [2.05, 4.69) is 38.6 Å². The Morgan fingerprint density at radius 3 is 1.26 bits per heavy atom. The van der Waals surface area contributed by atoms with Gasteiger partial charge in [0, 0.05) is 6.42 Å². The highest BCUT2D eigenvalue weighted by atomic mass is 32.1. The van der Waals surface area contributed by atoms with Crippen LogP contribution in [0.3, 0.4) is 0 Å². The number of allylic oxidation sites excluding steroid dienone is 2. The molecule has 1 unspecified atom stereocenters. The Balaban J connectivity index is 3.31. The lowest BCUT2D eigenvalue weighted by Crippen LogP contribution is -2.12. The number of thiol groups is 1. The van der Waals surface area contributed by atoms with Crippen molar-refractivity contribution < 1.29 is 9.53 Å². The first kappa shape index (κ1) is 38.6. The van der Waals surface area contributed by atoms with Crippen LogP contribution in [0.1, 0.15) is 206 Å². The molecule has 0 heterocycles. The van der Waals surface area contributed by atoms with Crippen LogP contribution >= 0.6 is 12.6 Å². The molecular weight excluding hydrogens is 496 g/mol. The minimum atomic E-state index is -0.220. The van der Waals surface area contributed by atoms with E-state index in [0.717, 1.165) is 25.7 Å². The van der Waals surface area contributed by atoms with E-state index in [1.54, 1.807) is 0 Å².